The van der Waals surface area contributed by atoms with Gasteiger partial charge < -0.3 is 10.7 Å². The van der Waals surface area contributed by atoms with Crippen molar-refractivity contribution in [2.75, 3.05) is 13.1 Å². The molecule has 1 aliphatic heterocycles. The molecule has 0 radical (unpaired) electrons. The van der Waals surface area contributed by atoms with Crippen LogP contribution >= 0.6 is 0 Å². The van der Waals surface area contributed by atoms with Gasteiger partial charge in [-0.05, 0) is 55.3 Å². The van der Waals surface area contributed by atoms with Crippen LogP contribution in [0, 0.1) is 0 Å². The lowest BCUT2D eigenvalue weighted by Gasteiger charge is -2.28. The molecular weight excluding hydrogens is 347 g/mol. The summed E-state index contributed by atoms with van der Waals surface area (Å²) >= 11 is 0. The standard InChI is InChI=1S/C20H21FN4O2/c21-15-3-1-7-24(12-15)11-13-5-6-17-14(9-13)10-18(23-17)16-4-2-8-25(19(16)26)20(22)27/h2,4-6,8-10,15,23H,1,3,7,11-12H2,(H2,22,27). The number of rotatable bonds is 3. The molecule has 7 heteroatoms. The van der Waals surface area contributed by atoms with E-state index in [-0.39, 0.29) is 0 Å². The van der Waals surface area contributed by atoms with E-state index in [1.54, 1.807) is 12.1 Å². The van der Waals surface area contributed by atoms with Crippen molar-refractivity contribution >= 4 is 16.9 Å². The second-order valence-electron chi connectivity index (χ2n) is 7.01. The van der Waals surface area contributed by atoms with Gasteiger partial charge in [-0.3, -0.25) is 9.69 Å². The summed E-state index contributed by atoms with van der Waals surface area (Å²) in [6.45, 7) is 2.09. The quantitative estimate of drug-likeness (QED) is 0.746. The highest BCUT2D eigenvalue weighted by atomic mass is 19.1. The molecule has 0 spiro atoms. The summed E-state index contributed by atoms with van der Waals surface area (Å²) in [6.07, 6.45) is 2.15. The van der Waals surface area contributed by atoms with Gasteiger partial charge in [0.2, 0.25) is 0 Å². The lowest BCUT2D eigenvalue weighted by Crippen LogP contribution is -2.35. The minimum absolute atomic E-state index is 0.380. The number of benzene rings is 1. The molecule has 1 amide bonds. The number of hydrogen-bond donors (Lipinski definition) is 2. The van der Waals surface area contributed by atoms with Crippen molar-refractivity contribution in [3.63, 3.8) is 0 Å². The maximum atomic E-state index is 13.6. The second kappa shape index (κ2) is 7.00. The number of aromatic amines is 1. The van der Waals surface area contributed by atoms with Gasteiger partial charge in [0.1, 0.15) is 6.17 Å². The lowest BCUT2D eigenvalue weighted by atomic mass is 10.1. The number of fused-ring (bicyclic) bond motifs is 1. The first-order valence-electron chi connectivity index (χ1n) is 9.01. The molecule has 0 saturated carbocycles. The van der Waals surface area contributed by atoms with Crippen molar-refractivity contribution in [3.8, 4) is 11.3 Å². The summed E-state index contributed by atoms with van der Waals surface area (Å²) in [6, 6.07) is 10.4. The van der Waals surface area contributed by atoms with E-state index in [0.29, 0.717) is 30.8 Å². The number of piperidine rings is 1. The molecule has 3 aromatic rings. The van der Waals surface area contributed by atoms with Gasteiger partial charge in [-0.1, -0.05) is 6.07 Å². The number of nitrogens with zero attached hydrogens (tertiary/aromatic N) is 2. The number of primary amides is 1. The first-order chi connectivity index (χ1) is 13.0. The van der Waals surface area contributed by atoms with Gasteiger partial charge in [0.25, 0.3) is 5.56 Å². The van der Waals surface area contributed by atoms with Crippen molar-refractivity contribution in [2.24, 2.45) is 5.73 Å². The highest BCUT2D eigenvalue weighted by Crippen LogP contribution is 2.24. The Kier molecular flexibility index (Phi) is 4.53. The maximum absolute atomic E-state index is 13.6. The number of amides is 1. The van der Waals surface area contributed by atoms with Crippen LogP contribution in [0.1, 0.15) is 18.4 Å². The van der Waals surface area contributed by atoms with E-state index in [0.717, 1.165) is 34.0 Å². The van der Waals surface area contributed by atoms with Crippen LogP contribution in [0.25, 0.3) is 22.2 Å². The van der Waals surface area contributed by atoms with E-state index in [1.807, 2.05) is 24.3 Å². The van der Waals surface area contributed by atoms with E-state index in [1.165, 1.54) is 6.20 Å². The highest BCUT2D eigenvalue weighted by Gasteiger charge is 2.19. The van der Waals surface area contributed by atoms with Gasteiger partial charge in [-0.2, -0.15) is 0 Å². The number of nitrogens with one attached hydrogen (secondary N) is 1. The van der Waals surface area contributed by atoms with Crippen molar-refractivity contribution < 1.29 is 9.18 Å². The zero-order valence-corrected chi connectivity index (χ0v) is 14.8. The van der Waals surface area contributed by atoms with Crippen LogP contribution in [0.15, 0.2) is 47.4 Å². The first kappa shape index (κ1) is 17.5. The summed E-state index contributed by atoms with van der Waals surface area (Å²) in [5.41, 5.74) is 7.78. The Hall–Kier alpha value is -2.93. The number of hydrogen-bond acceptors (Lipinski definition) is 3. The van der Waals surface area contributed by atoms with Crippen LogP contribution in [-0.2, 0) is 6.54 Å². The fourth-order valence-electron chi connectivity index (χ4n) is 3.70. The summed E-state index contributed by atoms with van der Waals surface area (Å²) < 4.78 is 14.5. The van der Waals surface area contributed by atoms with Crippen molar-refractivity contribution in [1.29, 1.82) is 0 Å². The normalized spacial score (nSPS) is 18.0. The molecular formula is C20H21FN4O2. The zero-order chi connectivity index (χ0) is 19.0. The fraction of sp³-hybridized carbons (Fsp3) is 0.300. The van der Waals surface area contributed by atoms with Gasteiger partial charge >= 0.3 is 6.03 Å². The monoisotopic (exact) mass is 368 g/mol. The number of H-pyrrole nitrogens is 1. The Morgan fingerprint density at radius 2 is 2.15 bits per heavy atom. The van der Waals surface area contributed by atoms with E-state index in [4.69, 9.17) is 5.73 Å². The third-order valence-electron chi connectivity index (χ3n) is 5.01. The molecule has 4 rings (SSSR count). The number of likely N-dealkylation sites (tertiary alicyclic amines) is 1. The Morgan fingerprint density at radius 3 is 2.93 bits per heavy atom. The Balaban J connectivity index is 1.65. The van der Waals surface area contributed by atoms with E-state index >= 15 is 0 Å². The van der Waals surface area contributed by atoms with Crippen LogP contribution in [0.4, 0.5) is 9.18 Å². The van der Waals surface area contributed by atoms with E-state index in [2.05, 4.69) is 9.88 Å². The number of alkyl halides is 1. The average Bonchev–Trinajstić information content (AvgIpc) is 3.04. The van der Waals surface area contributed by atoms with Gasteiger partial charge in [-0.25, -0.2) is 13.8 Å². The van der Waals surface area contributed by atoms with Crippen molar-refractivity contribution in [1.82, 2.24) is 14.5 Å². The smallest absolute Gasteiger partial charge is 0.325 e. The summed E-state index contributed by atoms with van der Waals surface area (Å²) in [7, 11) is 0. The number of halogens is 1. The predicted octanol–water partition coefficient (Wildman–Crippen LogP) is 2.86. The van der Waals surface area contributed by atoms with Gasteiger partial charge in [0, 0.05) is 30.2 Å². The molecule has 6 nitrogen and oxygen atoms in total. The van der Waals surface area contributed by atoms with Crippen LogP contribution in [-0.4, -0.2) is 39.7 Å². The minimum Gasteiger partial charge on any atom is -0.354 e. The van der Waals surface area contributed by atoms with Crippen LogP contribution in [0.5, 0.6) is 0 Å². The van der Waals surface area contributed by atoms with Gasteiger partial charge in [0.15, 0.2) is 0 Å². The molecule has 0 aliphatic carbocycles. The molecule has 1 unspecified atom stereocenters. The van der Waals surface area contributed by atoms with E-state index in [9.17, 15) is 14.0 Å². The van der Waals surface area contributed by atoms with Crippen LogP contribution in [0.2, 0.25) is 0 Å². The molecule has 1 saturated heterocycles. The Morgan fingerprint density at radius 1 is 1.30 bits per heavy atom. The van der Waals surface area contributed by atoms with Gasteiger partial charge in [-0.15, -0.1) is 0 Å². The van der Waals surface area contributed by atoms with E-state index < -0.39 is 17.8 Å². The molecule has 1 aliphatic rings. The topological polar surface area (TPSA) is 84.1 Å². The molecule has 3 N–H and O–H groups in total. The number of pyridine rings is 1. The fourth-order valence-corrected chi connectivity index (χ4v) is 3.70. The molecule has 0 bridgehead atoms. The first-order valence-corrected chi connectivity index (χ1v) is 9.01. The summed E-state index contributed by atoms with van der Waals surface area (Å²) in [5, 5.41) is 0.963. The third kappa shape index (κ3) is 3.50. The largest absolute Gasteiger partial charge is 0.354 e. The van der Waals surface area contributed by atoms with Crippen molar-refractivity contribution in [3.05, 3.63) is 58.5 Å². The zero-order valence-electron chi connectivity index (χ0n) is 14.8. The highest BCUT2D eigenvalue weighted by molar-refractivity contribution is 5.86. The maximum Gasteiger partial charge on any atom is 0.325 e. The SMILES string of the molecule is NC(=O)n1cccc(-c2cc3cc(CN4CCCC(F)C4)ccc3[nH]2)c1=O. The summed E-state index contributed by atoms with van der Waals surface area (Å²) in [5.74, 6) is 0. The molecule has 1 atom stereocenters. The molecule has 3 heterocycles. The predicted molar refractivity (Wildman–Crippen MR) is 102 cm³/mol. The molecule has 140 valence electrons. The minimum atomic E-state index is -0.812. The molecule has 27 heavy (non-hydrogen) atoms. The van der Waals surface area contributed by atoms with Crippen LogP contribution < -0.4 is 11.3 Å². The molecule has 1 aromatic carbocycles. The number of aromatic nitrogens is 2. The Labute approximate surface area is 155 Å². The number of carbonyl (C=O) groups is 1. The molecule has 1 fully saturated rings. The average molecular weight is 368 g/mol. The lowest BCUT2D eigenvalue weighted by molar-refractivity contribution is 0.133. The third-order valence-corrected chi connectivity index (χ3v) is 5.01. The van der Waals surface area contributed by atoms with Crippen LogP contribution in [0.3, 0.4) is 0 Å². The number of nitrogens with two attached hydrogens (primary N) is 1. The van der Waals surface area contributed by atoms with Gasteiger partial charge in [0.05, 0.1) is 11.3 Å². The molecule has 2 aromatic heterocycles. The second-order valence-corrected chi connectivity index (χ2v) is 7.01. The summed E-state index contributed by atoms with van der Waals surface area (Å²) in [4.78, 5) is 29.2. The Bertz CT molecular complexity index is 1060. The van der Waals surface area contributed by atoms with Crippen molar-refractivity contribution in [2.45, 2.75) is 25.6 Å². The number of carbonyl (C=O) groups excluding carboxylic acids is 1.